The van der Waals surface area contributed by atoms with Gasteiger partial charge in [0.2, 0.25) is 0 Å². The summed E-state index contributed by atoms with van der Waals surface area (Å²) in [5, 5.41) is 4.78. The minimum atomic E-state index is 0.676. The third-order valence-corrected chi connectivity index (χ3v) is 3.96. The molecule has 0 fully saturated rings. The predicted octanol–water partition coefficient (Wildman–Crippen LogP) is 4.59. The molecule has 0 spiro atoms. The van der Waals surface area contributed by atoms with Crippen molar-refractivity contribution in [3.05, 3.63) is 71.4 Å². The molecule has 0 unspecified atom stereocenters. The Hall–Kier alpha value is -2.00. The van der Waals surface area contributed by atoms with Crippen LogP contribution in [0.3, 0.4) is 0 Å². The van der Waals surface area contributed by atoms with E-state index in [2.05, 4.69) is 63.0 Å². The lowest BCUT2D eigenvalue weighted by Crippen LogP contribution is -1.94. The van der Waals surface area contributed by atoms with Gasteiger partial charge in [0.05, 0.1) is 11.4 Å². The van der Waals surface area contributed by atoms with Crippen molar-refractivity contribution in [2.24, 2.45) is 0 Å². The molecule has 2 aromatic carbocycles. The fraction of sp³-hybridized carbons (Fsp3) is 0.167. The third kappa shape index (κ3) is 2.74. The number of benzene rings is 2. The Morgan fingerprint density at radius 3 is 2.48 bits per heavy atom. The molecule has 0 aliphatic rings. The SMILES string of the molecule is Cc1ccc(-c2nn(-c3ccccc3)cc2CS)c(C)c1. The molecular weight excluding hydrogens is 276 g/mol. The van der Waals surface area contributed by atoms with Crippen LogP contribution in [0.25, 0.3) is 16.9 Å². The summed E-state index contributed by atoms with van der Waals surface area (Å²) in [5.41, 5.74) is 6.93. The molecule has 0 N–H and O–H groups in total. The zero-order valence-corrected chi connectivity index (χ0v) is 13.1. The Morgan fingerprint density at radius 2 is 1.81 bits per heavy atom. The van der Waals surface area contributed by atoms with E-state index in [1.165, 1.54) is 16.7 Å². The van der Waals surface area contributed by atoms with Crippen molar-refractivity contribution in [3.8, 4) is 16.9 Å². The first kappa shape index (κ1) is 14.0. The average Bonchev–Trinajstić information content (AvgIpc) is 2.92. The smallest absolute Gasteiger partial charge is 0.0970 e. The molecule has 1 heterocycles. The molecule has 0 amide bonds. The Kier molecular flexibility index (Phi) is 3.84. The largest absolute Gasteiger partial charge is 0.240 e. The zero-order valence-electron chi connectivity index (χ0n) is 12.2. The zero-order chi connectivity index (χ0) is 14.8. The Labute approximate surface area is 130 Å². The molecule has 1 aromatic heterocycles. The molecule has 0 atom stereocenters. The maximum absolute atomic E-state index is 4.78. The van der Waals surface area contributed by atoms with Crippen molar-refractivity contribution in [1.82, 2.24) is 9.78 Å². The average molecular weight is 294 g/mol. The maximum atomic E-state index is 4.78. The second-order valence-electron chi connectivity index (χ2n) is 5.26. The van der Waals surface area contributed by atoms with Gasteiger partial charge in [-0.3, -0.25) is 0 Å². The van der Waals surface area contributed by atoms with Gasteiger partial charge in [0.15, 0.2) is 0 Å². The van der Waals surface area contributed by atoms with Crippen molar-refractivity contribution in [2.75, 3.05) is 0 Å². The monoisotopic (exact) mass is 294 g/mol. The van der Waals surface area contributed by atoms with E-state index in [4.69, 9.17) is 5.10 Å². The van der Waals surface area contributed by atoms with Crippen molar-refractivity contribution in [2.45, 2.75) is 19.6 Å². The number of thiol groups is 1. The summed E-state index contributed by atoms with van der Waals surface area (Å²) in [5.74, 6) is 0.676. The van der Waals surface area contributed by atoms with E-state index in [1.807, 2.05) is 22.9 Å². The van der Waals surface area contributed by atoms with Gasteiger partial charge in [-0.2, -0.15) is 17.7 Å². The molecule has 0 saturated carbocycles. The van der Waals surface area contributed by atoms with Crippen LogP contribution >= 0.6 is 12.6 Å². The van der Waals surface area contributed by atoms with Crippen molar-refractivity contribution < 1.29 is 0 Å². The normalized spacial score (nSPS) is 10.8. The molecular formula is C18H18N2S. The molecule has 3 rings (SSSR count). The van der Waals surface area contributed by atoms with Crippen molar-refractivity contribution in [1.29, 1.82) is 0 Å². The minimum Gasteiger partial charge on any atom is -0.240 e. The van der Waals surface area contributed by atoms with Gasteiger partial charge < -0.3 is 0 Å². The van der Waals surface area contributed by atoms with E-state index in [-0.39, 0.29) is 0 Å². The summed E-state index contributed by atoms with van der Waals surface area (Å²) in [6, 6.07) is 16.6. The number of hydrogen-bond acceptors (Lipinski definition) is 2. The molecule has 0 saturated heterocycles. The topological polar surface area (TPSA) is 17.8 Å². The van der Waals surface area contributed by atoms with E-state index in [9.17, 15) is 0 Å². The first-order chi connectivity index (χ1) is 10.2. The highest BCUT2D eigenvalue weighted by Gasteiger charge is 2.13. The van der Waals surface area contributed by atoms with Crippen LogP contribution in [-0.4, -0.2) is 9.78 Å². The number of nitrogens with zero attached hydrogens (tertiary/aromatic N) is 2. The first-order valence-corrected chi connectivity index (χ1v) is 7.65. The minimum absolute atomic E-state index is 0.676. The van der Waals surface area contributed by atoms with Gasteiger partial charge in [-0.25, -0.2) is 4.68 Å². The molecule has 3 aromatic rings. The van der Waals surface area contributed by atoms with Gasteiger partial charge in [0.1, 0.15) is 0 Å². The van der Waals surface area contributed by atoms with Crippen LogP contribution in [0.1, 0.15) is 16.7 Å². The highest BCUT2D eigenvalue weighted by atomic mass is 32.1. The summed E-state index contributed by atoms with van der Waals surface area (Å²) >= 11 is 4.46. The summed E-state index contributed by atoms with van der Waals surface area (Å²) in [6.45, 7) is 4.24. The summed E-state index contributed by atoms with van der Waals surface area (Å²) < 4.78 is 1.93. The van der Waals surface area contributed by atoms with Gasteiger partial charge in [0.25, 0.3) is 0 Å². The second-order valence-corrected chi connectivity index (χ2v) is 5.58. The number of para-hydroxylation sites is 1. The van der Waals surface area contributed by atoms with Gasteiger partial charge in [-0.05, 0) is 31.5 Å². The van der Waals surface area contributed by atoms with Gasteiger partial charge in [0, 0.05) is 23.1 Å². The van der Waals surface area contributed by atoms with Crippen LogP contribution in [0.4, 0.5) is 0 Å². The van der Waals surface area contributed by atoms with E-state index in [1.54, 1.807) is 0 Å². The Balaban J connectivity index is 2.12. The van der Waals surface area contributed by atoms with Gasteiger partial charge >= 0.3 is 0 Å². The Bertz CT molecular complexity index is 760. The van der Waals surface area contributed by atoms with Crippen LogP contribution in [-0.2, 0) is 5.75 Å². The molecule has 0 aliphatic heterocycles. The number of hydrogen-bond donors (Lipinski definition) is 1. The summed E-state index contributed by atoms with van der Waals surface area (Å²) in [6.07, 6.45) is 2.07. The number of rotatable bonds is 3. The predicted molar refractivity (Wildman–Crippen MR) is 91.2 cm³/mol. The van der Waals surface area contributed by atoms with Crippen LogP contribution in [0.5, 0.6) is 0 Å². The standard InChI is InChI=1S/C18H18N2S/c1-13-8-9-17(14(2)10-13)18-15(12-21)11-20(19-18)16-6-4-3-5-7-16/h3-11,21H,12H2,1-2H3. The van der Waals surface area contributed by atoms with Crippen LogP contribution in [0.15, 0.2) is 54.7 Å². The molecule has 0 radical (unpaired) electrons. The molecule has 21 heavy (non-hydrogen) atoms. The summed E-state index contributed by atoms with van der Waals surface area (Å²) in [4.78, 5) is 0. The summed E-state index contributed by atoms with van der Waals surface area (Å²) in [7, 11) is 0. The fourth-order valence-corrected chi connectivity index (χ4v) is 2.78. The number of aryl methyl sites for hydroxylation is 2. The first-order valence-electron chi connectivity index (χ1n) is 7.01. The van der Waals surface area contributed by atoms with E-state index >= 15 is 0 Å². The van der Waals surface area contributed by atoms with Gasteiger partial charge in [-0.15, -0.1) is 0 Å². The van der Waals surface area contributed by atoms with Crippen LogP contribution in [0.2, 0.25) is 0 Å². The fourth-order valence-electron chi connectivity index (χ4n) is 2.54. The Morgan fingerprint density at radius 1 is 1.05 bits per heavy atom. The lowest BCUT2D eigenvalue weighted by atomic mass is 10.0. The van der Waals surface area contributed by atoms with Gasteiger partial charge in [-0.1, -0.05) is 42.0 Å². The third-order valence-electron chi connectivity index (χ3n) is 3.62. The highest BCUT2D eigenvalue weighted by molar-refractivity contribution is 7.79. The number of aromatic nitrogens is 2. The molecule has 0 aliphatic carbocycles. The van der Waals surface area contributed by atoms with Crippen LogP contribution in [0, 0.1) is 13.8 Å². The van der Waals surface area contributed by atoms with Crippen LogP contribution < -0.4 is 0 Å². The molecule has 106 valence electrons. The highest BCUT2D eigenvalue weighted by Crippen LogP contribution is 2.28. The molecule has 0 bridgehead atoms. The van der Waals surface area contributed by atoms with Crippen molar-refractivity contribution in [3.63, 3.8) is 0 Å². The lowest BCUT2D eigenvalue weighted by molar-refractivity contribution is 0.883. The second kappa shape index (κ2) is 5.78. The quantitative estimate of drug-likeness (QED) is 0.700. The maximum Gasteiger partial charge on any atom is 0.0970 e. The van der Waals surface area contributed by atoms with E-state index in [0.717, 1.165) is 16.9 Å². The van der Waals surface area contributed by atoms with E-state index < -0.39 is 0 Å². The lowest BCUT2D eigenvalue weighted by Gasteiger charge is -2.06. The van der Waals surface area contributed by atoms with Crippen molar-refractivity contribution >= 4 is 12.6 Å². The molecule has 3 heteroatoms. The van der Waals surface area contributed by atoms with E-state index in [0.29, 0.717) is 5.75 Å². The molecule has 2 nitrogen and oxygen atoms in total.